The largest absolute Gasteiger partial charge is 0.497 e. The van der Waals surface area contributed by atoms with Crippen LogP contribution in [0.1, 0.15) is 30.7 Å². The molecule has 3 aromatic rings. The Morgan fingerprint density at radius 2 is 1.97 bits per heavy atom. The fourth-order valence-corrected chi connectivity index (χ4v) is 3.38. The first-order chi connectivity index (χ1) is 14.7. The van der Waals surface area contributed by atoms with Crippen molar-refractivity contribution in [2.75, 3.05) is 25.1 Å². The van der Waals surface area contributed by atoms with Gasteiger partial charge in [0, 0.05) is 44.2 Å². The summed E-state index contributed by atoms with van der Waals surface area (Å²) >= 11 is 0. The molecule has 8 heteroatoms. The van der Waals surface area contributed by atoms with Crippen molar-refractivity contribution in [2.45, 2.75) is 32.2 Å². The van der Waals surface area contributed by atoms with Gasteiger partial charge in [0.25, 0.3) is 0 Å². The summed E-state index contributed by atoms with van der Waals surface area (Å²) in [6.07, 6.45) is 4.94. The molecule has 1 N–H and O–H groups in total. The van der Waals surface area contributed by atoms with Gasteiger partial charge >= 0.3 is 0 Å². The molecule has 1 fully saturated rings. The minimum Gasteiger partial charge on any atom is -0.497 e. The highest BCUT2D eigenvalue weighted by Crippen LogP contribution is 2.20. The van der Waals surface area contributed by atoms with E-state index in [9.17, 15) is 4.79 Å². The summed E-state index contributed by atoms with van der Waals surface area (Å²) in [5, 5.41) is 6.90. The van der Waals surface area contributed by atoms with Crippen molar-refractivity contribution in [3.63, 3.8) is 0 Å². The first-order valence-corrected chi connectivity index (χ1v) is 10.1. The summed E-state index contributed by atoms with van der Waals surface area (Å²) in [6, 6.07) is 11.4. The van der Waals surface area contributed by atoms with Crippen LogP contribution in [-0.2, 0) is 17.8 Å². The fourth-order valence-electron chi connectivity index (χ4n) is 3.38. The lowest BCUT2D eigenvalue weighted by molar-refractivity contribution is -0.121. The molecule has 30 heavy (non-hydrogen) atoms. The summed E-state index contributed by atoms with van der Waals surface area (Å²) in [7, 11) is 1.62. The van der Waals surface area contributed by atoms with Crippen LogP contribution in [0, 0.1) is 0 Å². The highest BCUT2D eigenvalue weighted by molar-refractivity contribution is 5.76. The number of hydrogen-bond acceptors (Lipinski definition) is 7. The van der Waals surface area contributed by atoms with E-state index in [0.29, 0.717) is 24.7 Å². The standard InChI is InChI=1S/C22H25N5O3/c1-29-18-7-5-17(6-8-18)22-25-21(30-26-22)11-10-20(28)24-15-16-4-9-19(23-14-16)27-12-2-3-13-27/h4-9,14H,2-3,10-13,15H2,1H3,(H,24,28). The van der Waals surface area contributed by atoms with Crippen LogP contribution >= 0.6 is 0 Å². The van der Waals surface area contributed by atoms with Crippen LogP contribution in [0.25, 0.3) is 11.4 Å². The highest BCUT2D eigenvalue weighted by atomic mass is 16.5. The molecule has 8 nitrogen and oxygen atoms in total. The van der Waals surface area contributed by atoms with Gasteiger partial charge in [-0.3, -0.25) is 4.79 Å². The van der Waals surface area contributed by atoms with Crippen molar-refractivity contribution in [1.82, 2.24) is 20.4 Å². The second-order valence-corrected chi connectivity index (χ2v) is 7.24. The predicted octanol–water partition coefficient (Wildman–Crippen LogP) is 2.99. The first-order valence-electron chi connectivity index (χ1n) is 10.1. The van der Waals surface area contributed by atoms with Gasteiger partial charge in [-0.05, 0) is 48.7 Å². The number of ether oxygens (including phenoxy) is 1. The molecule has 1 saturated heterocycles. The van der Waals surface area contributed by atoms with Gasteiger partial charge in [0.15, 0.2) is 0 Å². The molecular formula is C22H25N5O3. The summed E-state index contributed by atoms with van der Waals surface area (Å²) in [4.78, 5) is 23.3. The lowest BCUT2D eigenvalue weighted by atomic mass is 10.2. The van der Waals surface area contributed by atoms with E-state index in [1.807, 2.05) is 42.6 Å². The molecule has 0 saturated carbocycles. The van der Waals surface area contributed by atoms with Crippen molar-refractivity contribution in [1.29, 1.82) is 0 Å². The quantitative estimate of drug-likeness (QED) is 0.613. The Hall–Kier alpha value is -3.42. The molecule has 4 rings (SSSR count). The summed E-state index contributed by atoms with van der Waals surface area (Å²) in [5.74, 6) is 2.64. The van der Waals surface area contributed by atoms with E-state index in [-0.39, 0.29) is 12.3 Å². The molecule has 3 heterocycles. The minimum absolute atomic E-state index is 0.0668. The number of pyridine rings is 1. The Bertz CT molecular complexity index is 963. The number of aromatic nitrogens is 3. The molecule has 0 aliphatic carbocycles. The van der Waals surface area contributed by atoms with Crippen molar-refractivity contribution in [2.24, 2.45) is 0 Å². The number of amides is 1. The normalized spacial score (nSPS) is 13.4. The zero-order valence-electron chi connectivity index (χ0n) is 17.0. The lowest BCUT2D eigenvalue weighted by Gasteiger charge is -2.16. The molecule has 0 radical (unpaired) electrons. The number of hydrogen-bond donors (Lipinski definition) is 1. The van der Waals surface area contributed by atoms with Crippen molar-refractivity contribution in [3.05, 3.63) is 54.0 Å². The second-order valence-electron chi connectivity index (χ2n) is 7.24. The summed E-state index contributed by atoms with van der Waals surface area (Å²) in [5.41, 5.74) is 1.81. The van der Waals surface area contributed by atoms with Crippen LogP contribution in [0.4, 0.5) is 5.82 Å². The van der Waals surface area contributed by atoms with Crippen molar-refractivity contribution >= 4 is 11.7 Å². The third kappa shape index (κ3) is 4.94. The smallest absolute Gasteiger partial charge is 0.227 e. The van der Waals surface area contributed by atoms with Gasteiger partial charge in [0.1, 0.15) is 11.6 Å². The number of carbonyl (C=O) groups is 1. The number of anilines is 1. The van der Waals surface area contributed by atoms with Crippen molar-refractivity contribution in [3.8, 4) is 17.1 Å². The third-order valence-electron chi connectivity index (χ3n) is 5.11. The Morgan fingerprint density at radius 3 is 2.67 bits per heavy atom. The summed E-state index contributed by atoms with van der Waals surface area (Å²) in [6.45, 7) is 2.59. The average molecular weight is 407 g/mol. The number of aryl methyl sites for hydroxylation is 1. The monoisotopic (exact) mass is 407 g/mol. The maximum atomic E-state index is 12.2. The van der Waals surface area contributed by atoms with Gasteiger partial charge in [-0.1, -0.05) is 11.2 Å². The predicted molar refractivity (Wildman–Crippen MR) is 112 cm³/mol. The Morgan fingerprint density at radius 1 is 1.17 bits per heavy atom. The molecule has 0 unspecified atom stereocenters. The van der Waals surface area contributed by atoms with E-state index in [1.165, 1.54) is 12.8 Å². The van der Waals surface area contributed by atoms with E-state index in [1.54, 1.807) is 7.11 Å². The Balaban J connectivity index is 1.23. The molecule has 0 atom stereocenters. The highest BCUT2D eigenvalue weighted by Gasteiger charge is 2.14. The molecule has 0 spiro atoms. The van der Waals surface area contributed by atoms with Gasteiger partial charge in [-0.2, -0.15) is 4.98 Å². The molecule has 156 valence electrons. The van der Waals surface area contributed by atoms with Gasteiger partial charge < -0.3 is 19.5 Å². The second kappa shape index (κ2) is 9.39. The van der Waals surface area contributed by atoms with Crippen LogP contribution in [0.15, 0.2) is 47.1 Å². The van der Waals surface area contributed by atoms with Crippen LogP contribution in [-0.4, -0.2) is 41.2 Å². The number of rotatable bonds is 8. The van der Waals surface area contributed by atoms with Crippen LogP contribution in [0.5, 0.6) is 5.75 Å². The summed E-state index contributed by atoms with van der Waals surface area (Å²) < 4.78 is 10.4. The Kier molecular flexibility index (Phi) is 6.22. The fraction of sp³-hybridized carbons (Fsp3) is 0.364. The minimum atomic E-state index is -0.0668. The van der Waals surface area contributed by atoms with E-state index in [2.05, 4.69) is 25.3 Å². The van der Waals surface area contributed by atoms with Crippen LogP contribution < -0.4 is 15.0 Å². The first kappa shape index (κ1) is 19.9. The number of nitrogens with zero attached hydrogens (tertiary/aromatic N) is 4. The van der Waals surface area contributed by atoms with Crippen LogP contribution in [0.2, 0.25) is 0 Å². The number of methoxy groups -OCH3 is 1. The van der Waals surface area contributed by atoms with Gasteiger partial charge in [0.2, 0.25) is 17.6 Å². The molecule has 1 aromatic carbocycles. The SMILES string of the molecule is COc1ccc(-c2noc(CCC(=O)NCc3ccc(N4CCCC4)nc3)n2)cc1. The topological polar surface area (TPSA) is 93.4 Å². The molecule has 1 aliphatic rings. The van der Waals surface area contributed by atoms with E-state index < -0.39 is 0 Å². The van der Waals surface area contributed by atoms with Crippen LogP contribution in [0.3, 0.4) is 0 Å². The number of nitrogens with one attached hydrogen (secondary N) is 1. The number of carbonyl (C=O) groups excluding carboxylic acids is 1. The van der Waals surface area contributed by atoms with Crippen molar-refractivity contribution < 1.29 is 14.1 Å². The molecule has 0 bridgehead atoms. The number of benzene rings is 1. The van der Waals surface area contributed by atoms with E-state index in [4.69, 9.17) is 9.26 Å². The van der Waals surface area contributed by atoms with Gasteiger partial charge in [-0.15, -0.1) is 0 Å². The molecule has 1 amide bonds. The Labute approximate surface area is 175 Å². The average Bonchev–Trinajstić information content (AvgIpc) is 3.49. The maximum Gasteiger partial charge on any atom is 0.227 e. The third-order valence-corrected chi connectivity index (χ3v) is 5.11. The maximum absolute atomic E-state index is 12.2. The zero-order chi connectivity index (χ0) is 20.8. The van der Waals surface area contributed by atoms with E-state index in [0.717, 1.165) is 35.8 Å². The molecular weight excluding hydrogens is 382 g/mol. The lowest BCUT2D eigenvalue weighted by Crippen LogP contribution is -2.23. The van der Waals surface area contributed by atoms with E-state index >= 15 is 0 Å². The zero-order valence-corrected chi connectivity index (χ0v) is 17.0. The molecule has 2 aromatic heterocycles. The molecule has 1 aliphatic heterocycles. The van der Waals surface area contributed by atoms with Gasteiger partial charge in [0.05, 0.1) is 7.11 Å². The van der Waals surface area contributed by atoms with Gasteiger partial charge in [-0.25, -0.2) is 4.98 Å².